The number of halogens is 1. The molecule has 6 heteroatoms. The molecule has 1 atom stereocenters. The van der Waals surface area contributed by atoms with Crippen molar-refractivity contribution >= 4 is 21.8 Å². The summed E-state index contributed by atoms with van der Waals surface area (Å²) >= 11 is 3.24. The Kier molecular flexibility index (Phi) is 4.90. The third kappa shape index (κ3) is 3.93. The molecule has 1 N–H and O–H groups in total. The van der Waals surface area contributed by atoms with Crippen molar-refractivity contribution in [3.63, 3.8) is 0 Å². The van der Waals surface area contributed by atoms with Crippen LogP contribution >= 0.6 is 15.9 Å². The maximum Gasteiger partial charge on any atom is 0.251 e. The van der Waals surface area contributed by atoms with E-state index in [4.69, 9.17) is 5.26 Å². The highest BCUT2D eigenvalue weighted by Crippen LogP contribution is 2.15. The van der Waals surface area contributed by atoms with E-state index in [1.54, 1.807) is 19.2 Å². The zero-order valence-electron chi connectivity index (χ0n) is 11.1. The molecule has 102 valence electrons. The number of nitriles is 1. The molecule has 0 aliphatic rings. The van der Waals surface area contributed by atoms with Crippen LogP contribution in [-0.4, -0.2) is 16.0 Å². The van der Waals surface area contributed by atoms with E-state index in [-0.39, 0.29) is 23.9 Å². The Morgan fingerprint density at radius 1 is 1.58 bits per heavy atom. The number of carbonyl (C=O) groups is 1. The maximum absolute atomic E-state index is 11.9. The summed E-state index contributed by atoms with van der Waals surface area (Å²) in [6, 6.07) is 5.09. The van der Waals surface area contributed by atoms with Crippen molar-refractivity contribution in [3.8, 4) is 6.07 Å². The molecule has 5 nitrogen and oxygen atoms in total. The van der Waals surface area contributed by atoms with Gasteiger partial charge in [0.25, 0.3) is 5.56 Å². The molecule has 0 spiro atoms. The van der Waals surface area contributed by atoms with Crippen LogP contribution in [0.25, 0.3) is 0 Å². The normalized spacial score (nSPS) is 13.7. The fourth-order valence-electron chi connectivity index (χ4n) is 1.41. The smallest absolute Gasteiger partial charge is 0.251 e. The summed E-state index contributed by atoms with van der Waals surface area (Å²) in [4.78, 5) is 23.5. The van der Waals surface area contributed by atoms with E-state index in [0.29, 0.717) is 4.47 Å². The summed E-state index contributed by atoms with van der Waals surface area (Å²) in [7, 11) is 0. The molecule has 1 aromatic rings. The van der Waals surface area contributed by atoms with E-state index >= 15 is 0 Å². The van der Waals surface area contributed by atoms with Crippen molar-refractivity contribution in [2.24, 2.45) is 5.92 Å². The Balaban J connectivity index is 2.84. The van der Waals surface area contributed by atoms with Gasteiger partial charge in [0.15, 0.2) is 0 Å². The molecule has 0 aromatic carbocycles. The van der Waals surface area contributed by atoms with Crippen LogP contribution in [0, 0.1) is 17.2 Å². The predicted octanol–water partition coefficient (Wildman–Crippen LogP) is 1.67. The molecule has 0 fully saturated rings. The fraction of sp³-hybridized carbons (Fsp3) is 0.462. The summed E-state index contributed by atoms with van der Waals surface area (Å²) < 4.78 is 2.00. The van der Waals surface area contributed by atoms with Gasteiger partial charge in [0, 0.05) is 16.7 Å². The summed E-state index contributed by atoms with van der Waals surface area (Å²) in [6.07, 6.45) is 1.54. The van der Waals surface area contributed by atoms with Gasteiger partial charge in [-0.25, -0.2) is 0 Å². The quantitative estimate of drug-likeness (QED) is 0.914. The molecule has 0 aliphatic carbocycles. The highest BCUT2D eigenvalue weighted by Gasteiger charge is 2.29. The average Bonchev–Trinajstić information content (AvgIpc) is 2.33. The van der Waals surface area contributed by atoms with Crippen LogP contribution in [0.1, 0.15) is 20.8 Å². The lowest BCUT2D eigenvalue weighted by molar-refractivity contribution is -0.123. The van der Waals surface area contributed by atoms with Crippen molar-refractivity contribution in [2.75, 3.05) is 0 Å². The van der Waals surface area contributed by atoms with Crippen molar-refractivity contribution in [1.82, 2.24) is 9.88 Å². The Hall–Kier alpha value is -1.61. The second-order valence-corrected chi connectivity index (χ2v) is 5.75. The Bertz CT molecular complexity index is 574. The van der Waals surface area contributed by atoms with Crippen LogP contribution in [0.4, 0.5) is 0 Å². The minimum Gasteiger partial charge on any atom is -0.336 e. The number of aromatic nitrogens is 1. The molecular formula is C13H16BrN3O2. The van der Waals surface area contributed by atoms with Crippen molar-refractivity contribution in [3.05, 3.63) is 33.2 Å². The summed E-state index contributed by atoms with van der Waals surface area (Å²) in [5.41, 5.74) is -1.20. The van der Waals surface area contributed by atoms with Crippen LogP contribution < -0.4 is 10.9 Å². The molecule has 0 aliphatic heterocycles. The molecule has 0 saturated heterocycles. The number of pyridine rings is 1. The van der Waals surface area contributed by atoms with E-state index in [1.807, 2.05) is 13.8 Å². The van der Waals surface area contributed by atoms with Gasteiger partial charge in [-0.1, -0.05) is 13.8 Å². The lowest BCUT2D eigenvalue weighted by Crippen LogP contribution is -2.50. The monoisotopic (exact) mass is 325 g/mol. The zero-order chi connectivity index (χ0) is 14.6. The number of nitrogens with zero attached hydrogens (tertiary/aromatic N) is 2. The van der Waals surface area contributed by atoms with Gasteiger partial charge in [0.05, 0.1) is 6.07 Å². The third-order valence-corrected chi connectivity index (χ3v) is 3.52. The number of amides is 1. The van der Waals surface area contributed by atoms with E-state index in [9.17, 15) is 9.59 Å². The minimum atomic E-state index is -0.938. The Labute approximate surface area is 120 Å². The molecule has 19 heavy (non-hydrogen) atoms. The maximum atomic E-state index is 11.9. The molecular weight excluding hydrogens is 310 g/mol. The van der Waals surface area contributed by atoms with Gasteiger partial charge in [-0.3, -0.25) is 9.59 Å². The first-order valence-electron chi connectivity index (χ1n) is 5.87. The highest BCUT2D eigenvalue weighted by atomic mass is 79.9. The summed E-state index contributed by atoms with van der Waals surface area (Å²) in [5, 5.41) is 11.8. The molecule has 1 rings (SSSR count). The Morgan fingerprint density at radius 2 is 2.21 bits per heavy atom. The second-order valence-electron chi connectivity index (χ2n) is 4.83. The first kappa shape index (κ1) is 15.4. The van der Waals surface area contributed by atoms with Gasteiger partial charge in [-0.05, 0) is 34.8 Å². The number of carbonyl (C=O) groups excluding carboxylic acids is 1. The third-order valence-electron chi connectivity index (χ3n) is 3.05. The molecule has 0 bridgehead atoms. The number of nitrogens with one attached hydrogen (secondary N) is 1. The van der Waals surface area contributed by atoms with Gasteiger partial charge < -0.3 is 9.88 Å². The average molecular weight is 326 g/mol. The lowest BCUT2D eigenvalue weighted by atomic mass is 9.90. The molecule has 0 radical (unpaired) electrons. The topological polar surface area (TPSA) is 74.9 Å². The molecule has 1 amide bonds. The van der Waals surface area contributed by atoms with Crippen LogP contribution in [0.15, 0.2) is 27.6 Å². The van der Waals surface area contributed by atoms with Crippen molar-refractivity contribution in [2.45, 2.75) is 32.9 Å². The van der Waals surface area contributed by atoms with Gasteiger partial charge in [0.2, 0.25) is 5.91 Å². The molecule has 1 unspecified atom stereocenters. The van der Waals surface area contributed by atoms with E-state index in [2.05, 4.69) is 27.3 Å². The number of rotatable bonds is 4. The van der Waals surface area contributed by atoms with Gasteiger partial charge in [-0.2, -0.15) is 5.26 Å². The highest BCUT2D eigenvalue weighted by molar-refractivity contribution is 9.10. The molecule has 0 saturated carbocycles. The number of hydrogen-bond donors (Lipinski definition) is 1. The lowest BCUT2D eigenvalue weighted by Gasteiger charge is -2.27. The molecule has 1 heterocycles. The van der Waals surface area contributed by atoms with Crippen LogP contribution in [0.5, 0.6) is 0 Å². The Morgan fingerprint density at radius 3 is 2.74 bits per heavy atom. The summed E-state index contributed by atoms with van der Waals surface area (Å²) in [6.45, 7) is 5.27. The van der Waals surface area contributed by atoms with Crippen molar-refractivity contribution < 1.29 is 4.79 Å². The van der Waals surface area contributed by atoms with Crippen LogP contribution in [-0.2, 0) is 11.3 Å². The van der Waals surface area contributed by atoms with Crippen molar-refractivity contribution in [1.29, 1.82) is 5.26 Å². The van der Waals surface area contributed by atoms with Gasteiger partial charge >= 0.3 is 0 Å². The zero-order valence-corrected chi connectivity index (χ0v) is 12.7. The number of hydrogen-bond acceptors (Lipinski definition) is 3. The fourth-order valence-corrected chi connectivity index (χ4v) is 1.79. The van der Waals surface area contributed by atoms with Crippen LogP contribution in [0.3, 0.4) is 0 Å². The SMILES string of the molecule is CC(C)C(C)(C#N)NC(=O)Cn1cc(Br)ccc1=O. The van der Waals surface area contributed by atoms with Gasteiger partial charge in [0.1, 0.15) is 12.1 Å². The summed E-state index contributed by atoms with van der Waals surface area (Å²) in [5.74, 6) is -0.390. The second kappa shape index (κ2) is 6.02. The first-order chi connectivity index (χ1) is 8.78. The minimum absolute atomic E-state index is 0.0271. The van der Waals surface area contributed by atoms with Gasteiger partial charge in [-0.15, -0.1) is 0 Å². The largest absolute Gasteiger partial charge is 0.336 e. The van der Waals surface area contributed by atoms with E-state index in [0.717, 1.165) is 0 Å². The van der Waals surface area contributed by atoms with E-state index in [1.165, 1.54) is 10.6 Å². The predicted molar refractivity (Wildman–Crippen MR) is 75.4 cm³/mol. The molecule has 1 aromatic heterocycles. The van der Waals surface area contributed by atoms with E-state index < -0.39 is 5.54 Å². The van der Waals surface area contributed by atoms with Crippen LogP contribution in [0.2, 0.25) is 0 Å². The standard InChI is InChI=1S/C13H16BrN3O2/c1-9(2)13(3,8-15)16-11(18)7-17-6-10(14)4-5-12(17)19/h4-6,9H,7H2,1-3H3,(H,16,18). The first-order valence-corrected chi connectivity index (χ1v) is 6.66.